The molecule has 2 N–H and O–H groups in total. The summed E-state index contributed by atoms with van der Waals surface area (Å²) < 4.78 is 0. The van der Waals surface area contributed by atoms with Crippen molar-refractivity contribution >= 4 is 17.3 Å². The van der Waals surface area contributed by atoms with Crippen LogP contribution < -0.4 is 5.32 Å². The number of benzene rings is 1. The largest absolute Gasteiger partial charge is 0.509 e. The lowest BCUT2D eigenvalue weighted by atomic mass is 10.0. The van der Waals surface area contributed by atoms with Gasteiger partial charge in [-0.1, -0.05) is 32.0 Å². The molecule has 1 aliphatic heterocycles. The normalized spacial score (nSPS) is 19.7. The number of carbonyl (C=O) groups is 1. The van der Waals surface area contributed by atoms with Crippen molar-refractivity contribution in [1.82, 2.24) is 5.32 Å². The number of amides is 1. The molecule has 1 aliphatic rings. The lowest BCUT2D eigenvalue weighted by Crippen LogP contribution is -2.30. The molecule has 0 fully saturated rings. The summed E-state index contributed by atoms with van der Waals surface area (Å²) in [5, 5.41) is 13.0. The number of hydrogen-bond donors (Lipinski definition) is 2. The first kappa shape index (κ1) is 14.3. The van der Waals surface area contributed by atoms with Gasteiger partial charge in [0.25, 0.3) is 5.91 Å². The third-order valence-corrected chi connectivity index (χ3v) is 3.24. The summed E-state index contributed by atoms with van der Waals surface area (Å²) >= 11 is 0. The van der Waals surface area contributed by atoms with Crippen LogP contribution in [0, 0.1) is 5.92 Å². The van der Waals surface area contributed by atoms with Crippen molar-refractivity contribution in [3.8, 4) is 0 Å². The third kappa shape index (κ3) is 3.07. The molecule has 1 heterocycles. The molecular formula is C16H20N2O2. The van der Waals surface area contributed by atoms with Crippen LogP contribution in [0.15, 0.2) is 46.7 Å². The summed E-state index contributed by atoms with van der Waals surface area (Å²) in [5.74, 6) is 0.263. The second-order valence-corrected chi connectivity index (χ2v) is 5.45. The molecule has 0 radical (unpaired) electrons. The highest BCUT2D eigenvalue weighted by molar-refractivity contribution is 6.23. The molecule has 1 atom stereocenters. The van der Waals surface area contributed by atoms with Gasteiger partial charge in [0, 0.05) is 0 Å². The molecule has 0 unspecified atom stereocenters. The van der Waals surface area contributed by atoms with Gasteiger partial charge >= 0.3 is 0 Å². The Morgan fingerprint density at radius 1 is 1.35 bits per heavy atom. The van der Waals surface area contributed by atoms with Crippen molar-refractivity contribution in [2.45, 2.75) is 33.2 Å². The number of aliphatic imine (C=N–C) groups is 1. The first-order valence-electron chi connectivity index (χ1n) is 6.83. The first-order chi connectivity index (χ1) is 9.49. The van der Waals surface area contributed by atoms with Crippen LogP contribution in [0.4, 0.5) is 5.69 Å². The van der Waals surface area contributed by atoms with Gasteiger partial charge in [0.15, 0.2) is 0 Å². The zero-order valence-electron chi connectivity index (χ0n) is 12.1. The van der Waals surface area contributed by atoms with E-state index in [4.69, 9.17) is 0 Å². The Morgan fingerprint density at radius 3 is 2.60 bits per heavy atom. The van der Waals surface area contributed by atoms with Gasteiger partial charge in [-0.2, -0.15) is 0 Å². The maximum atomic E-state index is 12.0. The number of carbonyl (C=O) groups excluding carboxylic acids is 1. The van der Waals surface area contributed by atoms with Crippen molar-refractivity contribution < 1.29 is 9.90 Å². The Hall–Kier alpha value is -2.10. The van der Waals surface area contributed by atoms with Gasteiger partial charge in [-0.3, -0.25) is 9.79 Å². The molecule has 0 saturated heterocycles. The smallest absolute Gasteiger partial charge is 0.257 e. The van der Waals surface area contributed by atoms with Crippen LogP contribution in [0.2, 0.25) is 0 Å². The van der Waals surface area contributed by atoms with E-state index in [1.54, 1.807) is 6.92 Å². The van der Waals surface area contributed by atoms with Crippen LogP contribution in [-0.2, 0) is 4.79 Å². The summed E-state index contributed by atoms with van der Waals surface area (Å²) in [5.41, 5.74) is 1.61. The van der Waals surface area contributed by atoms with E-state index >= 15 is 0 Å². The van der Waals surface area contributed by atoms with Gasteiger partial charge in [0.1, 0.15) is 11.3 Å². The number of nitrogens with zero attached hydrogens (tertiary/aromatic N) is 1. The summed E-state index contributed by atoms with van der Waals surface area (Å²) in [6.45, 7) is 5.86. The average molecular weight is 272 g/mol. The van der Waals surface area contributed by atoms with E-state index in [1.807, 2.05) is 30.3 Å². The van der Waals surface area contributed by atoms with Crippen LogP contribution >= 0.6 is 0 Å². The maximum Gasteiger partial charge on any atom is 0.257 e. The molecule has 4 nitrogen and oxygen atoms in total. The number of aliphatic hydroxyl groups is 1. The first-order valence-corrected chi connectivity index (χ1v) is 6.83. The molecule has 0 spiro atoms. The number of hydrogen-bond acceptors (Lipinski definition) is 3. The molecule has 0 bridgehead atoms. The van der Waals surface area contributed by atoms with Gasteiger partial charge in [-0.25, -0.2) is 0 Å². The van der Waals surface area contributed by atoms with E-state index in [2.05, 4.69) is 24.2 Å². The SMILES string of the molecule is CC(=Nc1ccccc1)C1=C(O)[C@@H](CC(C)C)NC1=O. The minimum absolute atomic E-state index is 0.112. The molecule has 1 aromatic rings. The predicted octanol–water partition coefficient (Wildman–Crippen LogP) is 3.14. The molecule has 0 aromatic heterocycles. The minimum atomic E-state index is -0.293. The van der Waals surface area contributed by atoms with Crippen molar-refractivity contribution in [3.05, 3.63) is 41.7 Å². The minimum Gasteiger partial charge on any atom is -0.509 e. The standard InChI is InChI=1S/C16H20N2O2/c1-10(2)9-13-15(19)14(16(20)18-13)11(3)17-12-7-5-4-6-8-12/h4-8,10,13,19H,9H2,1-3H3,(H,18,20)/t13-/m1/s1. The van der Waals surface area contributed by atoms with Crippen LogP contribution in [0.1, 0.15) is 27.2 Å². The monoisotopic (exact) mass is 272 g/mol. The topological polar surface area (TPSA) is 61.7 Å². The molecule has 106 valence electrons. The number of rotatable bonds is 4. The Morgan fingerprint density at radius 2 is 2.00 bits per heavy atom. The second kappa shape index (κ2) is 5.90. The van der Waals surface area contributed by atoms with Gasteiger partial charge in [0.05, 0.1) is 17.4 Å². The third-order valence-electron chi connectivity index (χ3n) is 3.24. The maximum absolute atomic E-state index is 12.0. The highest BCUT2D eigenvalue weighted by Gasteiger charge is 2.33. The molecule has 0 saturated carbocycles. The van der Waals surface area contributed by atoms with E-state index in [0.29, 0.717) is 17.2 Å². The average Bonchev–Trinajstić information content (AvgIpc) is 2.64. The summed E-state index contributed by atoms with van der Waals surface area (Å²) in [4.78, 5) is 16.4. The van der Waals surface area contributed by atoms with Gasteiger partial charge in [-0.05, 0) is 31.4 Å². The van der Waals surface area contributed by atoms with Gasteiger partial charge < -0.3 is 10.4 Å². The van der Waals surface area contributed by atoms with Crippen LogP contribution in [0.25, 0.3) is 0 Å². The quantitative estimate of drug-likeness (QED) is 0.827. The van der Waals surface area contributed by atoms with Crippen LogP contribution in [-0.4, -0.2) is 22.8 Å². The zero-order chi connectivity index (χ0) is 14.7. The Kier molecular flexibility index (Phi) is 4.23. The second-order valence-electron chi connectivity index (χ2n) is 5.45. The highest BCUT2D eigenvalue weighted by Crippen LogP contribution is 2.23. The summed E-state index contributed by atoms with van der Waals surface area (Å²) in [7, 11) is 0. The van der Waals surface area contributed by atoms with Crippen molar-refractivity contribution in [3.63, 3.8) is 0 Å². The summed E-state index contributed by atoms with van der Waals surface area (Å²) in [6, 6.07) is 9.11. The lowest BCUT2D eigenvalue weighted by Gasteiger charge is -2.13. The molecular weight excluding hydrogens is 252 g/mol. The Labute approximate surface area is 119 Å². The van der Waals surface area contributed by atoms with Crippen LogP contribution in [0.3, 0.4) is 0 Å². The van der Waals surface area contributed by atoms with E-state index in [-0.39, 0.29) is 17.7 Å². The van der Waals surface area contributed by atoms with E-state index in [0.717, 1.165) is 12.1 Å². The number of nitrogens with one attached hydrogen (secondary N) is 1. The Balaban J connectivity index is 2.28. The zero-order valence-corrected chi connectivity index (χ0v) is 12.1. The van der Waals surface area contributed by atoms with E-state index in [1.165, 1.54) is 0 Å². The molecule has 1 aromatic carbocycles. The molecule has 0 aliphatic carbocycles. The predicted molar refractivity (Wildman–Crippen MR) is 80.3 cm³/mol. The van der Waals surface area contributed by atoms with E-state index < -0.39 is 0 Å². The molecule has 2 rings (SSSR count). The van der Waals surface area contributed by atoms with Crippen molar-refractivity contribution in [2.75, 3.05) is 0 Å². The van der Waals surface area contributed by atoms with Crippen molar-refractivity contribution in [2.24, 2.45) is 10.9 Å². The highest BCUT2D eigenvalue weighted by atomic mass is 16.3. The molecule has 20 heavy (non-hydrogen) atoms. The van der Waals surface area contributed by atoms with Gasteiger partial charge in [0.2, 0.25) is 0 Å². The van der Waals surface area contributed by atoms with Crippen molar-refractivity contribution in [1.29, 1.82) is 0 Å². The van der Waals surface area contributed by atoms with E-state index in [9.17, 15) is 9.90 Å². The fourth-order valence-electron chi connectivity index (χ4n) is 2.33. The lowest BCUT2D eigenvalue weighted by molar-refractivity contribution is -0.116. The van der Waals surface area contributed by atoms with Gasteiger partial charge in [-0.15, -0.1) is 0 Å². The van der Waals surface area contributed by atoms with Crippen LogP contribution in [0.5, 0.6) is 0 Å². The molecule has 1 amide bonds. The molecule has 4 heteroatoms. The Bertz CT molecular complexity index is 559. The fraction of sp³-hybridized carbons (Fsp3) is 0.375. The number of para-hydroxylation sites is 1. The summed E-state index contributed by atoms with van der Waals surface area (Å²) in [6.07, 6.45) is 0.722. The number of aliphatic hydroxyl groups excluding tert-OH is 1. The fourth-order valence-corrected chi connectivity index (χ4v) is 2.33.